The Balaban J connectivity index is 2.05. The molecule has 0 aliphatic heterocycles. The summed E-state index contributed by atoms with van der Waals surface area (Å²) in [5.74, 6) is -0.704. The van der Waals surface area contributed by atoms with E-state index in [1.54, 1.807) is 30.5 Å². The molecule has 3 nitrogen and oxygen atoms in total. The highest BCUT2D eigenvalue weighted by Gasteiger charge is 2.12. The summed E-state index contributed by atoms with van der Waals surface area (Å²) in [6.07, 6.45) is 1.57. The van der Waals surface area contributed by atoms with Crippen LogP contribution in [0.15, 0.2) is 54.7 Å². The maximum atomic E-state index is 13.6. The highest BCUT2D eigenvalue weighted by molar-refractivity contribution is 5.67. The monoisotopic (exact) mass is 272 g/mol. The van der Waals surface area contributed by atoms with E-state index in [-0.39, 0.29) is 11.5 Å². The van der Waals surface area contributed by atoms with Crippen molar-refractivity contribution in [1.29, 1.82) is 0 Å². The van der Waals surface area contributed by atoms with Crippen LogP contribution in [0.25, 0.3) is 11.3 Å². The SMILES string of the molecule is Fc1ccc(-c2ccn[nH]2)c(Oc2ccccc2F)c1. The van der Waals surface area contributed by atoms with E-state index in [2.05, 4.69) is 10.2 Å². The smallest absolute Gasteiger partial charge is 0.165 e. The van der Waals surface area contributed by atoms with E-state index < -0.39 is 11.6 Å². The molecule has 0 radical (unpaired) electrons. The molecule has 0 saturated heterocycles. The maximum absolute atomic E-state index is 13.6. The van der Waals surface area contributed by atoms with Crippen molar-refractivity contribution >= 4 is 0 Å². The van der Waals surface area contributed by atoms with Gasteiger partial charge in [-0.2, -0.15) is 5.10 Å². The largest absolute Gasteiger partial charge is 0.453 e. The number of ether oxygens (including phenoxy) is 1. The van der Waals surface area contributed by atoms with E-state index in [4.69, 9.17) is 4.74 Å². The van der Waals surface area contributed by atoms with Gasteiger partial charge in [-0.1, -0.05) is 12.1 Å². The molecule has 2 aromatic carbocycles. The van der Waals surface area contributed by atoms with Crippen molar-refractivity contribution in [2.24, 2.45) is 0 Å². The molecule has 1 N–H and O–H groups in total. The Bertz CT molecular complexity index is 726. The Hall–Kier alpha value is -2.69. The van der Waals surface area contributed by atoms with Crippen LogP contribution in [-0.2, 0) is 0 Å². The van der Waals surface area contributed by atoms with Gasteiger partial charge in [0.25, 0.3) is 0 Å². The number of halogens is 2. The lowest BCUT2D eigenvalue weighted by Gasteiger charge is -2.10. The number of nitrogens with one attached hydrogen (secondary N) is 1. The molecule has 20 heavy (non-hydrogen) atoms. The molecule has 1 heterocycles. The lowest BCUT2D eigenvalue weighted by molar-refractivity contribution is 0.440. The molecule has 0 aliphatic rings. The van der Waals surface area contributed by atoms with Gasteiger partial charge in [-0.3, -0.25) is 5.10 Å². The third-order valence-electron chi connectivity index (χ3n) is 2.79. The standard InChI is InChI=1S/C15H10F2N2O/c16-10-5-6-11(13-7-8-18-19-13)15(9-10)20-14-4-2-1-3-12(14)17/h1-9H,(H,18,19). The van der Waals surface area contributed by atoms with Crippen LogP contribution in [0.2, 0.25) is 0 Å². The molecule has 100 valence electrons. The van der Waals surface area contributed by atoms with E-state index in [1.165, 1.54) is 24.3 Å². The fraction of sp³-hybridized carbons (Fsp3) is 0. The number of benzene rings is 2. The quantitative estimate of drug-likeness (QED) is 0.777. The van der Waals surface area contributed by atoms with E-state index in [0.29, 0.717) is 11.3 Å². The summed E-state index contributed by atoms with van der Waals surface area (Å²) in [4.78, 5) is 0. The Morgan fingerprint density at radius 1 is 0.950 bits per heavy atom. The molecule has 0 bridgehead atoms. The van der Waals surface area contributed by atoms with Gasteiger partial charge in [0.1, 0.15) is 11.6 Å². The lowest BCUT2D eigenvalue weighted by Crippen LogP contribution is -1.92. The zero-order chi connectivity index (χ0) is 13.9. The maximum Gasteiger partial charge on any atom is 0.165 e. The van der Waals surface area contributed by atoms with E-state index >= 15 is 0 Å². The van der Waals surface area contributed by atoms with Crippen LogP contribution < -0.4 is 4.74 Å². The molecule has 0 aliphatic carbocycles. The summed E-state index contributed by atoms with van der Waals surface area (Å²) in [5.41, 5.74) is 1.27. The van der Waals surface area contributed by atoms with Crippen LogP contribution >= 0.6 is 0 Å². The predicted octanol–water partition coefficient (Wildman–Crippen LogP) is 4.15. The number of hydrogen-bond donors (Lipinski definition) is 1. The Morgan fingerprint density at radius 3 is 2.55 bits per heavy atom. The summed E-state index contributed by atoms with van der Waals surface area (Å²) >= 11 is 0. The Kier molecular flexibility index (Phi) is 3.16. The molecule has 3 aromatic rings. The first-order valence-electron chi connectivity index (χ1n) is 5.96. The van der Waals surface area contributed by atoms with Crippen molar-refractivity contribution in [2.75, 3.05) is 0 Å². The van der Waals surface area contributed by atoms with Crippen LogP contribution in [0.5, 0.6) is 11.5 Å². The molecule has 0 fully saturated rings. The van der Waals surface area contributed by atoms with Crippen LogP contribution in [0, 0.1) is 11.6 Å². The van der Waals surface area contributed by atoms with Crippen molar-refractivity contribution in [1.82, 2.24) is 10.2 Å². The fourth-order valence-corrected chi connectivity index (χ4v) is 1.85. The summed E-state index contributed by atoms with van der Waals surface area (Å²) in [6.45, 7) is 0. The number of rotatable bonds is 3. The molecule has 1 aromatic heterocycles. The number of para-hydroxylation sites is 1. The predicted molar refractivity (Wildman–Crippen MR) is 70.5 cm³/mol. The average Bonchev–Trinajstić information content (AvgIpc) is 2.95. The number of hydrogen-bond acceptors (Lipinski definition) is 2. The zero-order valence-electron chi connectivity index (χ0n) is 10.3. The molecule has 5 heteroatoms. The third kappa shape index (κ3) is 2.38. The van der Waals surface area contributed by atoms with Gasteiger partial charge >= 0.3 is 0 Å². The summed E-state index contributed by atoms with van der Waals surface area (Å²) in [7, 11) is 0. The van der Waals surface area contributed by atoms with E-state index in [1.807, 2.05) is 0 Å². The number of aromatic amines is 1. The lowest BCUT2D eigenvalue weighted by atomic mass is 10.1. The Labute approximate surface area is 113 Å². The van der Waals surface area contributed by atoms with Crippen LogP contribution in [-0.4, -0.2) is 10.2 Å². The van der Waals surface area contributed by atoms with Crippen molar-refractivity contribution in [3.63, 3.8) is 0 Å². The van der Waals surface area contributed by atoms with E-state index in [0.717, 1.165) is 0 Å². The van der Waals surface area contributed by atoms with Gasteiger partial charge in [0.05, 0.1) is 5.69 Å². The average molecular weight is 272 g/mol. The van der Waals surface area contributed by atoms with Gasteiger partial charge in [-0.05, 0) is 30.3 Å². The minimum atomic E-state index is -0.507. The Morgan fingerprint density at radius 2 is 1.80 bits per heavy atom. The first kappa shape index (κ1) is 12.3. The molecule has 0 unspecified atom stereocenters. The highest BCUT2D eigenvalue weighted by atomic mass is 19.1. The zero-order valence-corrected chi connectivity index (χ0v) is 10.3. The number of aromatic nitrogens is 2. The second kappa shape index (κ2) is 5.13. The highest BCUT2D eigenvalue weighted by Crippen LogP contribution is 2.33. The molecule has 0 atom stereocenters. The minimum absolute atomic E-state index is 0.0406. The molecular weight excluding hydrogens is 262 g/mol. The van der Waals surface area contributed by atoms with Crippen LogP contribution in [0.1, 0.15) is 0 Å². The minimum Gasteiger partial charge on any atom is -0.453 e. The second-order valence-electron chi connectivity index (χ2n) is 4.14. The summed E-state index contributed by atoms with van der Waals surface area (Å²) in [5, 5.41) is 6.61. The van der Waals surface area contributed by atoms with Crippen molar-refractivity contribution in [3.05, 3.63) is 66.4 Å². The first-order chi connectivity index (χ1) is 9.74. The first-order valence-corrected chi connectivity index (χ1v) is 5.96. The number of H-pyrrole nitrogens is 1. The molecule has 0 spiro atoms. The fourth-order valence-electron chi connectivity index (χ4n) is 1.85. The second-order valence-corrected chi connectivity index (χ2v) is 4.14. The molecular formula is C15H10F2N2O. The van der Waals surface area contributed by atoms with Crippen molar-refractivity contribution in [2.45, 2.75) is 0 Å². The van der Waals surface area contributed by atoms with E-state index in [9.17, 15) is 8.78 Å². The van der Waals surface area contributed by atoms with Gasteiger partial charge in [0, 0.05) is 17.8 Å². The third-order valence-corrected chi connectivity index (χ3v) is 2.79. The van der Waals surface area contributed by atoms with Gasteiger partial charge in [-0.15, -0.1) is 0 Å². The normalized spacial score (nSPS) is 10.5. The van der Waals surface area contributed by atoms with Gasteiger partial charge in [0.2, 0.25) is 0 Å². The summed E-state index contributed by atoms with van der Waals surface area (Å²) in [6, 6.07) is 11.8. The van der Waals surface area contributed by atoms with Gasteiger partial charge in [0.15, 0.2) is 11.6 Å². The van der Waals surface area contributed by atoms with Crippen LogP contribution in [0.3, 0.4) is 0 Å². The molecule has 0 saturated carbocycles. The molecule has 3 rings (SSSR count). The topological polar surface area (TPSA) is 37.9 Å². The van der Waals surface area contributed by atoms with Gasteiger partial charge in [-0.25, -0.2) is 8.78 Å². The molecule has 0 amide bonds. The summed E-state index contributed by atoms with van der Waals surface area (Å²) < 4.78 is 32.5. The van der Waals surface area contributed by atoms with Crippen molar-refractivity contribution < 1.29 is 13.5 Å². The van der Waals surface area contributed by atoms with Gasteiger partial charge < -0.3 is 4.74 Å². The van der Waals surface area contributed by atoms with Crippen LogP contribution in [0.4, 0.5) is 8.78 Å². The van der Waals surface area contributed by atoms with Crippen molar-refractivity contribution in [3.8, 4) is 22.8 Å². The number of nitrogens with zero attached hydrogens (tertiary/aromatic N) is 1.